The summed E-state index contributed by atoms with van der Waals surface area (Å²) in [6.07, 6.45) is 1.56. The van der Waals surface area contributed by atoms with Gasteiger partial charge in [-0.05, 0) is 33.9 Å². The molecule has 0 bridgehead atoms. The van der Waals surface area contributed by atoms with E-state index in [9.17, 15) is 13.5 Å². The topological polar surface area (TPSA) is 74.6 Å². The predicted octanol–water partition coefficient (Wildman–Crippen LogP) is 0.619. The Hall–Kier alpha value is -0.890. The van der Waals surface area contributed by atoms with Gasteiger partial charge in [-0.15, -0.1) is 0 Å². The van der Waals surface area contributed by atoms with Gasteiger partial charge in [0.05, 0.1) is 11.5 Å². The summed E-state index contributed by atoms with van der Waals surface area (Å²) in [5.74, 6) is 0. The number of sulfonamides is 1. The number of hydrogen-bond acceptors (Lipinski definition) is 4. The van der Waals surface area contributed by atoms with Crippen molar-refractivity contribution in [3.63, 3.8) is 0 Å². The summed E-state index contributed by atoms with van der Waals surface area (Å²) < 4.78 is 28.6. The van der Waals surface area contributed by atoms with Crippen LogP contribution in [-0.2, 0) is 23.2 Å². The largest absolute Gasteiger partial charge is 0.390 e. The van der Waals surface area contributed by atoms with E-state index in [0.29, 0.717) is 31.4 Å². The lowest BCUT2D eigenvalue weighted by molar-refractivity contribution is 0.271. The summed E-state index contributed by atoms with van der Waals surface area (Å²) in [7, 11) is -1.56. The Morgan fingerprint density at radius 3 is 2.55 bits per heavy atom. The van der Waals surface area contributed by atoms with E-state index in [4.69, 9.17) is 0 Å². The molecule has 0 saturated heterocycles. The monoisotopic (exact) mass is 303 g/mol. The van der Waals surface area contributed by atoms with Gasteiger partial charge in [0.15, 0.2) is 0 Å². The summed E-state index contributed by atoms with van der Waals surface area (Å²) in [4.78, 5) is 2.27. The van der Waals surface area contributed by atoms with Crippen LogP contribution in [0.4, 0.5) is 0 Å². The molecule has 2 N–H and O–H groups in total. The Morgan fingerprint density at radius 1 is 1.45 bits per heavy atom. The molecule has 0 aliphatic carbocycles. The van der Waals surface area contributed by atoms with Crippen molar-refractivity contribution in [2.75, 3.05) is 20.1 Å². The molecule has 1 aromatic rings. The van der Waals surface area contributed by atoms with Gasteiger partial charge in [-0.1, -0.05) is 0 Å². The van der Waals surface area contributed by atoms with Gasteiger partial charge in [-0.3, -0.25) is 0 Å². The first-order valence-electron chi connectivity index (χ1n) is 6.81. The van der Waals surface area contributed by atoms with Crippen LogP contribution in [0, 0.1) is 0 Å². The van der Waals surface area contributed by atoms with E-state index in [0.717, 1.165) is 0 Å². The molecule has 0 unspecified atom stereocenters. The van der Waals surface area contributed by atoms with Gasteiger partial charge in [0, 0.05) is 37.6 Å². The van der Waals surface area contributed by atoms with E-state index >= 15 is 0 Å². The molecule has 0 aliphatic rings. The summed E-state index contributed by atoms with van der Waals surface area (Å²) in [5, 5.41) is 9.20. The van der Waals surface area contributed by atoms with Gasteiger partial charge in [-0.25, -0.2) is 13.1 Å². The molecule has 1 heterocycles. The first-order chi connectivity index (χ1) is 9.31. The van der Waals surface area contributed by atoms with E-state index in [1.807, 2.05) is 14.0 Å². The third-order valence-electron chi connectivity index (χ3n) is 3.41. The number of hydrogen-bond donors (Lipinski definition) is 2. The molecule has 0 amide bonds. The van der Waals surface area contributed by atoms with Crippen LogP contribution in [0.25, 0.3) is 0 Å². The molecule has 7 heteroatoms. The minimum atomic E-state index is -3.51. The zero-order valence-electron chi connectivity index (χ0n) is 12.6. The third kappa shape index (κ3) is 4.31. The van der Waals surface area contributed by atoms with Gasteiger partial charge in [-0.2, -0.15) is 0 Å². The number of rotatable bonds is 8. The van der Waals surface area contributed by atoms with E-state index in [1.54, 1.807) is 10.8 Å². The van der Waals surface area contributed by atoms with Crippen molar-refractivity contribution in [2.45, 2.75) is 44.9 Å². The first-order valence-corrected chi connectivity index (χ1v) is 8.30. The Morgan fingerprint density at radius 2 is 2.10 bits per heavy atom. The number of aromatic nitrogens is 1. The van der Waals surface area contributed by atoms with Crippen molar-refractivity contribution in [3.05, 3.63) is 18.0 Å². The third-order valence-corrected chi connectivity index (χ3v) is 4.84. The molecular formula is C13H25N3O3S. The molecule has 6 nitrogen and oxygen atoms in total. The minimum Gasteiger partial charge on any atom is -0.390 e. The molecule has 0 spiro atoms. The Bertz CT molecular complexity index is 501. The Balaban J connectivity index is 2.71. The normalized spacial score (nSPS) is 12.6. The van der Waals surface area contributed by atoms with Crippen molar-refractivity contribution in [2.24, 2.45) is 0 Å². The fraction of sp³-hybridized carbons (Fsp3) is 0.692. The number of likely N-dealkylation sites (N-methyl/N-ethyl adjacent to an activating group) is 1. The SMILES string of the molecule is CCn1cc(S(=O)(=O)NCCN(C)C(C)C)cc1CO. The highest BCUT2D eigenvalue weighted by Crippen LogP contribution is 2.14. The first kappa shape index (κ1) is 17.2. The number of nitrogens with one attached hydrogen (secondary N) is 1. The Kier molecular flexibility index (Phi) is 6.19. The lowest BCUT2D eigenvalue weighted by Gasteiger charge is -2.20. The zero-order valence-corrected chi connectivity index (χ0v) is 13.4. The molecule has 0 atom stereocenters. The van der Waals surface area contributed by atoms with Crippen LogP contribution < -0.4 is 4.72 Å². The van der Waals surface area contributed by atoms with Crippen molar-refractivity contribution in [1.82, 2.24) is 14.2 Å². The van der Waals surface area contributed by atoms with Crippen molar-refractivity contribution < 1.29 is 13.5 Å². The molecule has 20 heavy (non-hydrogen) atoms. The zero-order chi connectivity index (χ0) is 15.3. The maximum Gasteiger partial charge on any atom is 0.242 e. The molecule has 0 saturated carbocycles. The molecule has 1 rings (SSSR count). The van der Waals surface area contributed by atoms with Crippen LogP contribution in [0.3, 0.4) is 0 Å². The second-order valence-electron chi connectivity index (χ2n) is 5.08. The molecule has 0 aromatic carbocycles. The van der Waals surface area contributed by atoms with Gasteiger partial charge >= 0.3 is 0 Å². The molecular weight excluding hydrogens is 278 g/mol. The quantitative estimate of drug-likeness (QED) is 0.738. The van der Waals surface area contributed by atoms with Crippen molar-refractivity contribution in [3.8, 4) is 0 Å². The van der Waals surface area contributed by atoms with Crippen LogP contribution in [0.2, 0.25) is 0 Å². The maximum absolute atomic E-state index is 12.2. The summed E-state index contributed by atoms with van der Waals surface area (Å²) >= 11 is 0. The fourth-order valence-corrected chi connectivity index (χ4v) is 2.88. The second-order valence-corrected chi connectivity index (χ2v) is 6.85. The van der Waals surface area contributed by atoms with Gasteiger partial charge in [0.25, 0.3) is 0 Å². The van der Waals surface area contributed by atoms with Gasteiger partial charge in [0.1, 0.15) is 0 Å². The van der Waals surface area contributed by atoms with Crippen LogP contribution in [0.15, 0.2) is 17.2 Å². The van der Waals surface area contributed by atoms with Gasteiger partial charge in [0.2, 0.25) is 10.0 Å². The number of aliphatic hydroxyl groups is 1. The average molecular weight is 303 g/mol. The average Bonchev–Trinajstić information content (AvgIpc) is 2.82. The molecule has 0 radical (unpaired) electrons. The van der Waals surface area contributed by atoms with E-state index in [1.165, 1.54) is 6.07 Å². The maximum atomic E-state index is 12.2. The van der Waals surface area contributed by atoms with E-state index in [-0.39, 0.29) is 11.5 Å². The highest BCUT2D eigenvalue weighted by molar-refractivity contribution is 7.89. The van der Waals surface area contributed by atoms with Gasteiger partial charge < -0.3 is 14.6 Å². The molecule has 116 valence electrons. The highest BCUT2D eigenvalue weighted by atomic mass is 32.2. The fourth-order valence-electron chi connectivity index (χ4n) is 1.80. The molecule has 0 fully saturated rings. The van der Waals surface area contributed by atoms with E-state index < -0.39 is 10.0 Å². The summed E-state index contributed by atoms with van der Waals surface area (Å²) in [5.41, 5.74) is 0.604. The number of aryl methyl sites for hydroxylation is 1. The van der Waals surface area contributed by atoms with Crippen LogP contribution in [0.5, 0.6) is 0 Å². The minimum absolute atomic E-state index is 0.167. The lowest BCUT2D eigenvalue weighted by atomic mass is 10.3. The van der Waals surface area contributed by atoms with Crippen LogP contribution >= 0.6 is 0 Å². The van der Waals surface area contributed by atoms with Crippen molar-refractivity contribution >= 4 is 10.0 Å². The van der Waals surface area contributed by atoms with Crippen LogP contribution in [-0.4, -0.2) is 49.2 Å². The highest BCUT2D eigenvalue weighted by Gasteiger charge is 2.17. The molecule has 0 aliphatic heterocycles. The van der Waals surface area contributed by atoms with Crippen LogP contribution in [0.1, 0.15) is 26.5 Å². The second kappa shape index (κ2) is 7.21. The summed E-state index contributed by atoms with van der Waals surface area (Å²) in [6.45, 7) is 7.50. The summed E-state index contributed by atoms with van der Waals surface area (Å²) in [6, 6.07) is 1.89. The number of aliphatic hydroxyl groups excluding tert-OH is 1. The van der Waals surface area contributed by atoms with Crippen molar-refractivity contribution in [1.29, 1.82) is 0 Å². The predicted molar refractivity (Wildman–Crippen MR) is 79.0 cm³/mol. The number of nitrogens with zero attached hydrogens (tertiary/aromatic N) is 2. The molecule has 1 aromatic heterocycles. The van der Waals surface area contributed by atoms with E-state index in [2.05, 4.69) is 23.5 Å². The lowest BCUT2D eigenvalue weighted by Crippen LogP contribution is -2.36. The Labute approximate surface area is 121 Å². The standard InChI is InChI=1S/C13H25N3O3S/c1-5-16-9-13(8-12(16)10-17)20(18,19)14-6-7-15(4)11(2)3/h8-9,11,14,17H,5-7,10H2,1-4H3. The smallest absolute Gasteiger partial charge is 0.242 e.